The molecule has 0 aliphatic carbocycles. The number of likely N-dealkylation sites (tertiary alicyclic amines) is 1. The highest BCUT2D eigenvalue weighted by molar-refractivity contribution is 5.92. The van der Waals surface area contributed by atoms with Crippen LogP contribution in [0, 0.1) is 12.8 Å². The Bertz CT molecular complexity index is 802. The lowest BCUT2D eigenvalue weighted by Gasteiger charge is -2.32. The average Bonchev–Trinajstić information content (AvgIpc) is 2.73. The fourth-order valence-electron chi connectivity index (χ4n) is 3.24. The molecule has 6 heteroatoms. The molecule has 148 valence electrons. The number of nitrogens with zero attached hydrogens (tertiary/aromatic N) is 1. The van der Waals surface area contributed by atoms with Crippen LogP contribution in [0.25, 0.3) is 0 Å². The fraction of sp³-hybridized carbons (Fsp3) is 0.364. The molecule has 1 heterocycles. The van der Waals surface area contributed by atoms with Gasteiger partial charge in [-0.25, -0.2) is 9.59 Å². The van der Waals surface area contributed by atoms with Gasteiger partial charge in [-0.1, -0.05) is 17.7 Å². The third-order valence-corrected chi connectivity index (χ3v) is 4.87. The van der Waals surface area contributed by atoms with Crippen molar-refractivity contribution < 1.29 is 19.1 Å². The summed E-state index contributed by atoms with van der Waals surface area (Å²) in [5, 5.41) is 2.89. The SMILES string of the molecule is COC(=O)c1ccc(NC(=O)N2CCC[C@H](COc3ccc(C)cc3)C2)cc1. The first-order valence-electron chi connectivity index (χ1n) is 9.49. The number of carbonyl (C=O) groups excluding carboxylic acids is 2. The van der Waals surface area contributed by atoms with E-state index < -0.39 is 5.97 Å². The van der Waals surface area contributed by atoms with Crippen molar-refractivity contribution in [3.63, 3.8) is 0 Å². The zero-order chi connectivity index (χ0) is 19.9. The molecule has 1 aliphatic heterocycles. The summed E-state index contributed by atoms with van der Waals surface area (Å²) >= 11 is 0. The largest absolute Gasteiger partial charge is 0.493 e. The number of carbonyl (C=O) groups is 2. The van der Waals surface area contributed by atoms with Crippen LogP contribution in [0.5, 0.6) is 5.75 Å². The first-order chi connectivity index (χ1) is 13.5. The Morgan fingerprint density at radius 2 is 1.82 bits per heavy atom. The summed E-state index contributed by atoms with van der Waals surface area (Å²) in [6.45, 7) is 4.04. The molecule has 28 heavy (non-hydrogen) atoms. The van der Waals surface area contributed by atoms with E-state index >= 15 is 0 Å². The quantitative estimate of drug-likeness (QED) is 0.791. The number of esters is 1. The Labute approximate surface area is 165 Å². The summed E-state index contributed by atoms with van der Waals surface area (Å²) in [6.07, 6.45) is 2.00. The van der Waals surface area contributed by atoms with E-state index in [1.165, 1.54) is 12.7 Å². The summed E-state index contributed by atoms with van der Waals surface area (Å²) in [7, 11) is 1.34. The van der Waals surface area contributed by atoms with Gasteiger partial charge in [0.1, 0.15) is 5.75 Å². The standard InChI is InChI=1S/C22H26N2O4/c1-16-5-11-20(12-6-16)28-15-17-4-3-13-24(14-17)22(26)23-19-9-7-18(8-10-19)21(25)27-2/h5-12,17H,3-4,13-15H2,1-2H3,(H,23,26)/t17-/m0/s1. The molecule has 0 aromatic heterocycles. The Morgan fingerprint density at radius 3 is 2.50 bits per heavy atom. The van der Waals surface area contributed by atoms with Crippen LogP contribution in [-0.4, -0.2) is 43.7 Å². The fourth-order valence-corrected chi connectivity index (χ4v) is 3.24. The molecule has 1 N–H and O–H groups in total. The molecule has 0 bridgehead atoms. The number of benzene rings is 2. The number of hydrogen-bond donors (Lipinski definition) is 1. The van der Waals surface area contributed by atoms with E-state index in [2.05, 4.69) is 10.1 Å². The normalized spacial score (nSPS) is 16.4. The number of ether oxygens (including phenoxy) is 2. The lowest BCUT2D eigenvalue weighted by Crippen LogP contribution is -2.43. The van der Waals surface area contributed by atoms with Crippen molar-refractivity contribution in [3.8, 4) is 5.75 Å². The molecule has 1 saturated heterocycles. The Morgan fingerprint density at radius 1 is 1.11 bits per heavy atom. The Kier molecular flexibility index (Phi) is 6.53. The van der Waals surface area contributed by atoms with Gasteiger partial charge in [-0.2, -0.15) is 0 Å². The molecule has 1 aliphatic rings. The third-order valence-electron chi connectivity index (χ3n) is 4.87. The number of amides is 2. The maximum absolute atomic E-state index is 12.6. The summed E-state index contributed by atoms with van der Waals surface area (Å²) in [4.78, 5) is 25.9. The van der Waals surface area contributed by atoms with E-state index in [9.17, 15) is 9.59 Å². The van der Waals surface area contributed by atoms with E-state index in [-0.39, 0.29) is 6.03 Å². The third kappa shape index (κ3) is 5.25. The number of nitrogens with one attached hydrogen (secondary N) is 1. The molecule has 0 spiro atoms. The molecule has 3 rings (SSSR count). The summed E-state index contributed by atoms with van der Waals surface area (Å²) in [6, 6.07) is 14.5. The highest BCUT2D eigenvalue weighted by atomic mass is 16.5. The van der Waals surface area contributed by atoms with Crippen molar-refractivity contribution in [2.75, 3.05) is 32.1 Å². The van der Waals surface area contributed by atoms with Crippen LogP contribution in [0.1, 0.15) is 28.8 Å². The molecular formula is C22H26N2O4. The minimum absolute atomic E-state index is 0.133. The highest BCUT2D eigenvalue weighted by Crippen LogP contribution is 2.20. The Balaban J connectivity index is 1.51. The van der Waals surface area contributed by atoms with Crippen LogP contribution in [0.4, 0.5) is 10.5 Å². The van der Waals surface area contributed by atoms with Crippen molar-refractivity contribution in [1.82, 2.24) is 4.90 Å². The summed E-state index contributed by atoms with van der Waals surface area (Å²) in [5.41, 5.74) is 2.30. The van der Waals surface area contributed by atoms with Gasteiger partial charge in [0.25, 0.3) is 0 Å². The Hall–Kier alpha value is -3.02. The zero-order valence-electron chi connectivity index (χ0n) is 16.3. The summed E-state index contributed by atoms with van der Waals surface area (Å²) < 4.78 is 10.6. The monoisotopic (exact) mass is 382 g/mol. The van der Waals surface area contributed by atoms with E-state index in [1.54, 1.807) is 24.3 Å². The van der Waals surface area contributed by atoms with Crippen molar-refractivity contribution in [2.45, 2.75) is 19.8 Å². The summed E-state index contributed by atoms with van der Waals surface area (Å²) in [5.74, 6) is 0.769. The van der Waals surface area contributed by atoms with Gasteiger partial charge in [0.2, 0.25) is 0 Å². The lowest BCUT2D eigenvalue weighted by atomic mass is 9.99. The minimum Gasteiger partial charge on any atom is -0.493 e. The van der Waals surface area contributed by atoms with Gasteiger partial charge < -0.3 is 19.7 Å². The van der Waals surface area contributed by atoms with Crippen molar-refractivity contribution in [3.05, 3.63) is 59.7 Å². The predicted octanol–water partition coefficient (Wildman–Crippen LogP) is 4.10. The second-order valence-electron chi connectivity index (χ2n) is 7.08. The van der Waals surface area contributed by atoms with Gasteiger partial charge in [-0.15, -0.1) is 0 Å². The van der Waals surface area contributed by atoms with Gasteiger partial charge in [-0.3, -0.25) is 0 Å². The topological polar surface area (TPSA) is 67.9 Å². The van der Waals surface area contributed by atoms with Crippen LogP contribution >= 0.6 is 0 Å². The minimum atomic E-state index is -0.398. The van der Waals surface area contributed by atoms with Crippen molar-refractivity contribution >= 4 is 17.7 Å². The second-order valence-corrected chi connectivity index (χ2v) is 7.08. The number of anilines is 1. The van der Waals surface area contributed by atoms with Crippen LogP contribution in [0.15, 0.2) is 48.5 Å². The first-order valence-corrected chi connectivity index (χ1v) is 9.49. The molecule has 1 fully saturated rings. The molecule has 2 aromatic carbocycles. The molecule has 6 nitrogen and oxygen atoms in total. The van der Waals surface area contributed by atoms with Gasteiger partial charge in [-0.05, 0) is 56.2 Å². The molecular weight excluding hydrogens is 356 g/mol. The maximum Gasteiger partial charge on any atom is 0.337 e. The number of urea groups is 1. The van der Waals surface area contributed by atoms with Gasteiger partial charge in [0.05, 0.1) is 19.3 Å². The van der Waals surface area contributed by atoms with Gasteiger partial charge in [0, 0.05) is 24.7 Å². The van der Waals surface area contributed by atoms with Crippen molar-refractivity contribution in [1.29, 1.82) is 0 Å². The first kappa shape index (κ1) is 19.7. The van der Waals surface area contributed by atoms with Gasteiger partial charge in [0.15, 0.2) is 0 Å². The average molecular weight is 382 g/mol. The molecule has 0 unspecified atom stereocenters. The molecule has 0 saturated carbocycles. The maximum atomic E-state index is 12.6. The van der Waals surface area contributed by atoms with Crippen molar-refractivity contribution in [2.24, 2.45) is 5.92 Å². The van der Waals surface area contributed by atoms with E-state index in [0.29, 0.717) is 30.3 Å². The number of aryl methyl sites for hydroxylation is 1. The van der Waals surface area contributed by atoms with Gasteiger partial charge >= 0.3 is 12.0 Å². The lowest BCUT2D eigenvalue weighted by molar-refractivity contribution is 0.0600. The predicted molar refractivity (Wildman–Crippen MR) is 108 cm³/mol. The number of hydrogen-bond acceptors (Lipinski definition) is 4. The molecule has 1 atom stereocenters. The van der Waals surface area contributed by atoms with E-state index in [1.807, 2.05) is 36.1 Å². The molecule has 2 amide bonds. The van der Waals surface area contributed by atoms with Crippen LogP contribution < -0.4 is 10.1 Å². The zero-order valence-corrected chi connectivity index (χ0v) is 16.3. The van der Waals surface area contributed by atoms with E-state index in [0.717, 1.165) is 25.1 Å². The molecule has 2 aromatic rings. The molecule has 0 radical (unpaired) electrons. The highest BCUT2D eigenvalue weighted by Gasteiger charge is 2.24. The number of methoxy groups -OCH3 is 1. The number of rotatable bonds is 5. The van der Waals surface area contributed by atoms with Crippen LogP contribution in [-0.2, 0) is 4.74 Å². The number of piperidine rings is 1. The second kappa shape index (κ2) is 9.26. The van der Waals surface area contributed by atoms with Crippen LogP contribution in [0.3, 0.4) is 0 Å². The van der Waals surface area contributed by atoms with E-state index in [4.69, 9.17) is 4.74 Å². The van der Waals surface area contributed by atoms with Crippen LogP contribution in [0.2, 0.25) is 0 Å². The smallest absolute Gasteiger partial charge is 0.337 e.